The molecule has 104 valence electrons. The van der Waals surface area contributed by atoms with Crippen LogP contribution in [0.25, 0.3) is 0 Å². The van der Waals surface area contributed by atoms with E-state index >= 15 is 0 Å². The molecule has 0 amide bonds. The fourth-order valence-electron chi connectivity index (χ4n) is 2.32. The molecule has 19 heavy (non-hydrogen) atoms. The van der Waals surface area contributed by atoms with Crippen molar-refractivity contribution < 1.29 is 18.0 Å². The first-order valence-corrected chi connectivity index (χ1v) is 6.05. The van der Waals surface area contributed by atoms with Crippen molar-refractivity contribution in [2.45, 2.75) is 19.1 Å². The molecule has 0 spiro atoms. The Morgan fingerprint density at radius 3 is 2.68 bits per heavy atom. The summed E-state index contributed by atoms with van der Waals surface area (Å²) >= 11 is 0. The van der Waals surface area contributed by atoms with E-state index in [0.717, 1.165) is 6.07 Å². The van der Waals surface area contributed by atoms with E-state index in [9.17, 15) is 18.0 Å². The number of hydrogen-bond donors (Lipinski definition) is 1. The Balaban J connectivity index is 2.42. The Morgan fingerprint density at radius 2 is 2.05 bits per heavy atom. The lowest BCUT2D eigenvalue weighted by atomic mass is 10.1. The number of benzene rings is 1. The number of piperazine rings is 1. The molecule has 1 aromatic carbocycles. The molecule has 1 aliphatic rings. The van der Waals surface area contributed by atoms with Gasteiger partial charge in [0.25, 0.3) is 0 Å². The van der Waals surface area contributed by atoms with E-state index in [2.05, 4.69) is 5.32 Å². The second kappa shape index (κ2) is 5.21. The third-order valence-corrected chi connectivity index (χ3v) is 3.23. The third-order valence-electron chi connectivity index (χ3n) is 3.23. The molecule has 1 fully saturated rings. The van der Waals surface area contributed by atoms with Crippen molar-refractivity contribution in [3.63, 3.8) is 0 Å². The zero-order valence-electron chi connectivity index (χ0n) is 10.5. The van der Waals surface area contributed by atoms with Gasteiger partial charge < -0.3 is 10.2 Å². The van der Waals surface area contributed by atoms with Gasteiger partial charge in [0, 0.05) is 25.3 Å². The second-order valence-electron chi connectivity index (χ2n) is 4.54. The van der Waals surface area contributed by atoms with E-state index in [0.29, 0.717) is 19.6 Å². The van der Waals surface area contributed by atoms with Crippen LogP contribution >= 0.6 is 0 Å². The van der Waals surface area contributed by atoms with Crippen LogP contribution in [0.3, 0.4) is 0 Å². The summed E-state index contributed by atoms with van der Waals surface area (Å²) < 4.78 is 39.0. The van der Waals surface area contributed by atoms with Crippen LogP contribution in [0.1, 0.15) is 12.5 Å². The monoisotopic (exact) mass is 272 g/mol. The number of rotatable bonds is 2. The summed E-state index contributed by atoms with van der Waals surface area (Å²) in [7, 11) is 0. The van der Waals surface area contributed by atoms with Crippen molar-refractivity contribution >= 4 is 11.5 Å². The van der Waals surface area contributed by atoms with E-state index in [1.54, 1.807) is 11.0 Å². The van der Waals surface area contributed by atoms with Gasteiger partial charge in [0.05, 0.1) is 11.6 Å². The maximum atomic E-state index is 13.0. The highest BCUT2D eigenvalue weighted by Crippen LogP contribution is 2.37. The highest BCUT2D eigenvalue weighted by molar-refractivity contribution is 5.86. The highest BCUT2D eigenvalue weighted by atomic mass is 19.4. The molecule has 0 aliphatic carbocycles. The lowest BCUT2D eigenvalue weighted by molar-refractivity contribution is -0.137. The number of anilines is 1. The number of para-hydroxylation sites is 1. The minimum absolute atomic E-state index is 0.0803. The normalized spacial score (nSPS) is 20.4. The lowest BCUT2D eigenvalue weighted by Gasteiger charge is -2.37. The summed E-state index contributed by atoms with van der Waals surface area (Å²) in [6, 6.07) is 4.84. The van der Waals surface area contributed by atoms with Crippen molar-refractivity contribution in [3.05, 3.63) is 29.8 Å². The molecule has 1 saturated heterocycles. The van der Waals surface area contributed by atoms with E-state index in [-0.39, 0.29) is 11.5 Å². The van der Waals surface area contributed by atoms with Crippen LogP contribution in [0.15, 0.2) is 24.3 Å². The smallest absolute Gasteiger partial charge is 0.358 e. The Kier molecular flexibility index (Phi) is 3.80. The molecular formula is C13H15F3N2O. The quantitative estimate of drug-likeness (QED) is 0.894. The predicted octanol–water partition coefficient (Wildman–Crippen LogP) is 2.07. The zero-order valence-corrected chi connectivity index (χ0v) is 10.5. The van der Waals surface area contributed by atoms with Crippen molar-refractivity contribution in [3.8, 4) is 0 Å². The Morgan fingerprint density at radius 1 is 1.37 bits per heavy atom. The zero-order chi connectivity index (χ0) is 14.0. The number of carbonyl (C=O) groups excluding carboxylic acids is 1. The highest BCUT2D eigenvalue weighted by Gasteiger charge is 2.37. The second-order valence-corrected chi connectivity index (χ2v) is 4.54. The van der Waals surface area contributed by atoms with Crippen LogP contribution in [0, 0.1) is 0 Å². The first-order chi connectivity index (χ1) is 8.91. The van der Waals surface area contributed by atoms with Gasteiger partial charge in [-0.15, -0.1) is 0 Å². The Labute approximate surface area is 109 Å². The summed E-state index contributed by atoms with van der Waals surface area (Å²) in [5, 5.41) is 3.03. The number of Topliss-reactive ketones (excluding diaryl/α,β-unsaturated/α-hetero) is 1. The summed E-state index contributed by atoms with van der Waals surface area (Å²) in [5.41, 5.74) is -0.611. The SMILES string of the molecule is CC(=O)C1CNCCN1c1ccccc1C(F)(F)F. The maximum absolute atomic E-state index is 13.0. The average molecular weight is 272 g/mol. The molecular weight excluding hydrogens is 257 g/mol. The van der Waals surface area contributed by atoms with Crippen molar-refractivity contribution in [1.29, 1.82) is 0 Å². The fourth-order valence-corrected chi connectivity index (χ4v) is 2.32. The minimum Gasteiger partial charge on any atom is -0.358 e. The largest absolute Gasteiger partial charge is 0.418 e. The van der Waals surface area contributed by atoms with Gasteiger partial charge in [-0.2, -0.15) is 13.2 Å². The molecule has 0 saturated carbocycles. The van der Waals surface area contributed by atoms with E-state index in [1.165, 1.54) is 19.1 Å². The summed E-state index contributed by atoms with van der Waals surface area (Å²) in [6.45, 7) is 2.73. The van der Waals surface area contributed by atoms with Crippen LogP contribution in [0.2, 0.25) is 0 Å². The minimum atomic E-state index is -4.41. The number of nitrogens with one attached hydrogen (secondary N) is 1. The summed E-state index contributed by atoms with van der Waals surface area (Å²) in [4.78, 5) is 13.1. The van der Waals surface area contributed by atoms with E-state index in [4.69, 9.17) is 0 Å². The van der Waals surface area contributed by atoms with Gasteiger partial charge in [-0.25, -0.2) is 0 Å². The first-order valence-electron chi connectivity index (χ1n) is 6.05. The molecule has 1 atom stereocenters. The summed E-state index contributed by atoms with van der Waals surface area (Å²) in [5.74, 6) is -0.135. The number of hydrogen-bond acceptors (Lipinski definition) is 3. The Hall–Kier alpha value is -1.56. The fraction of sp³-hybridized carbons (Fsp3) is 0.462. The van der Waals surface area contributed by atoms with Crippen LogP contribution in [-0.2, 0) is 11.0 Å². The van der Waals surface area contributed by atoms with Gasteiger partial charge in [0.1, 0.15) is 0 Å². The average Bonchev–Trinajstić information content (AvgIpc) is 2.37. The van der Waals surface area contributed by atoms with E-state index < -0.39 is 17.8 Å². The van der Waals surface area contributed by atoms with Crippen molar-refractivity contribution in [2.75, 3.05) is 24.5 Å². The van der Waals surface area contributed by atoms with Gasteiger partial charge in [-0.1, -0.05) is 12.1 Å². The summed E-state index contributed by atoms with van der Waals surface area (Å²) in [6.07, 6.45) is -4.41. The van der Waals surface area contributed by atoms with Crippen LogP contribution in [0.5, 0.6) is 0 Å². The molecule has 0 aromatic heterocycles. The van der Waals surface area contributed by atoms with Gasteiger partial charge in [0.15, 0.2) is 5.78 Å². The van der Waals surface area contributed by atoms with Crippen LogP contribution < -0.4 is 10.2 Å². The lowest BCUT2D eigenvalue weighted by Crippen LogP contribution is -2.55. The molecule has 2 rings (SSSR count). The molecule has 1 unspecified atom stereocenters. The number of nitrogens with zero attached hydrogens (tertiary/aromatic N) is 1. The van der Waals surface area contributed by atoms with Crippen LogP contribution in [0.4, 0.5) is 18.9 Å². The predicted molar refractivity (Wildman–Crippen MR) is 66.1 cm³/mol. The third kappa shape index (κ3) is 2.89. The maximum Gasteiger partial charge on any atom is 0.418 e. The number of halogens is 3. The van der Waals surface area contributed by atoms with Gasteiger partial charge in [-0.05, 0) is 19.1 Å². The molecule has 6 heteroatoms. The van der Waals surface area contributed by atoms with Gasteiger partial charge >= 0.3 is 6.18 Å². The molecule has 3 nitrogen and oxygen atoms in total. The van der Waals surface area contributed by atoms with Gasteiger partial charge in [0.2, 0.25) is 0 Å². The number of ketones is 1. The molecule has 1 aliphatic heterocycles. The van der Waals surface area contributed by atoms with Crippen molar-refractivity contribution in [2.24, 2.45) is 0 Å². The van der Waals surface area contributed by atoms with Crippen LogP contribution in [-0.4, -0.2) is 31.5 Å². The molecule has 1 N–H and O–H groups in total. The number of carbonyl (C=O) groups is 1. The Bertz CT molecular complexity index is 473. The molecule has 1 heterocycles. The van der Waals surface area contributed by atoms with Gasteiger partial charge in [-0.3, -0.25) is 4.79 Å². The number of alkyl halides is 3. The molecule has 0 radical (unpaired) electrons. The first kappa shape index (κ1) is 13.9. The molecule has 0 bridgehead atoms. The van der Waals surface area contributed by atoms with Crippen molar-refractivity contribution in [1.82, 2.24) is 5.32 Å². The standard InChI is InChI=1S/C13H15F3N2O/c1-9(19)12-8-17-6-7-18(12)11-5-3-2-4-10(11)13(14,15)16/h2-5,12,17H,6-8H2,1H3. The molecule has 1 aromatic rings. The topological polar surface area (TPSA) is 32.3 Å². The van der Waals surface area contributed by atoms with E-state index in [1.807, 2.05) is 0 Å².